The quantitative estimate of drug-likeness (QED) is 0.344. The van der Waals surface area contributed by atoms with Gasteiger partial charge in [0.1, 0.15) is 18.1 Å². The molecule has 0 atom stereocenters. The molecule has 0 bridgehead atoms. The van der Waals surface area contributed by atoms with Gasteiger partial charge in [-0.15, -0.1) is 0 Å². The number of aromatic nitrogens is 3. The number of H-pyrrole nitrogens is 1. The Balaban J connectivity index is 1.23. The van der Waals surface area contributed by atoms with Crippen LogP contribution < -0.4 is 9.47 Å². The summed E-state index contributed by atoms with van der Waals surface area (Å²) >= 11 is 0. The Labute approximate surface area is 199 Å². The number of methoxy groups -OCH3 is 1. The summed E-state index contributed by atoms with van der Waals surface area (Å²) in [5.41, 5.74) is 7.62. The summed E-state index contributed by atoms with van der Waals surface area (Å²) in [7, 11) is 1.66. The highest BCUT2D eigenvalue weighted by atomic mass is 16.5. The number of pyridine rings is 1. The third-order valence-electron chi connectivity index (χ3n) is 5.64. The summed E-state index contributed by atoms with van der Waals surface area (Å²) < 4.78 is 11.4. The molecule has 4 aromatic rings. The van der Waals surface area contributed by atoms with Crippen molar-refractivity contribution < 1.29 is 9.47 Å². The molecule has 0 fully saturated rings. The molecule has 0 aliphatic heterocycles. The normalized spacial score (nSPS) is 12.5. The molecular formula is C29H25N3O2. The number of benzene rings is 2. The molecule has 0 spiro atoms. The van der Waals surface area contributed by atoms with E-state index in [1.165, 1.54) is 16.7 Å². The summed E-state index contributed by atoms with van der Waals surface area (Å²) in [4.78, 5) is 4.11. The second-order valence-electron chi connectivity index (χ2n) is 8.03. The van der Waals surface area contributed by atoms with E-state index in [1.807, 2.05) is 54.6 Å². The lowest BCUT2D eigenvalue weighted by Crippen LogP contribution is -1.96. The van der Waals surface area contributed by atoms with E-state index in [1.54, 1.807) is 19.5 Å². The van der Waals surface area contributed by atoms with E-state index in [0.29, 0.717) is 6.61 Å². The monoisotopic (exact) mass is 447 g/mol. The number of aromatic amines is 1. The fourth-order valence-electron chi connectivity index (χ4n) is 3.84. The van der Waals surface area contributed by atoms with Gasteiger partial charge in [-0.1, -0.05) is 42.5 Å². The van der Waals surface area contributed by atoms with Gasteiger partial charge >= 0.3 is 0 Å². The minimum atomic E-state index is 0.457. The van der Waals surface area contributed by atoms with Crippen LogP contribution in [0.3, 0.4) is 0 Å². The van der Waals surface area contributed by atoms with Gasteiger partial charge in [0.2, 0.25) is 0 Å². The maximum Gasteiger partial charge on any atom is 0.129 e. The van der Waals surface area contributed by atoms with Crippen molar-refractivity contribution >= 4 is 30.4 Å². The van der Waals surface area contributed by atoms with Crippen LogP contribution in [-0.2, 0) is 13.0 Å². The van der Waals surface area contributed by atoms with E-state index < -0.39 is 0 Å². The number of allylic oxidation sites excluding steroid dienone is 1. The Morgan fingerprint density at radius 1 is 1.00 bits per heavy atom. The van der Waals surface area contributed by atoms with E-state index in [0.717, 1.165) is 40.4 Å². The largest absolute Gasteiger partial charge is 0.496 e. The molecule has 1 aliphatic carbocycles. The highest BCUT2D eigenvalue weighted by Gasteiger charge is 2.06. The number of fused-ring (bicyclic) bond motifs is 1. The molecular weight excluding hydrogens is 422 g/mol. The van der Waals surface area contributed by atoms with Crippen molar-refractivity contribution in [3.63, 3.8) is 0 Å². The van der Waals surface area contributed by atoms with Crippen LogP contribution in [0.5, 0.6) is 11.5 Å². The third kappa shape index (κ3) is 5.15. The Morgan fingerprint density at radius 3 is 2.85 bits per heavy atom. The smallest absolute Gasteiger partial charge is 0.129 e. The fraction of sp³-hybridized carbons (Fsp3) is 0.103. The van der Waals surface area contributed by atoms with Gasteiger partial charge in [0.15, 0.2) is 0 Å². The molecule has 0 radical (unpaired) electrons. The first-order valence-electron chi connectivity index (χ1n) is 11.2. The van der Waals surface area contributed by atoms with Gasteiger partial charge in [0.05, 0.1) is 18.5 Å². The lowest BCUT2D eigenvalue weighted by atomic mass is 10.1. The van der Waals surface area contributed by atoms with E-state index >= 15 is 0 Å². The first-order valence-corrected chi connectivity index (χ1v) is 11.2. The van der Waals surface area contributed by atoms with Crippen LogP contribution in [0.15, 0.2) is 73.1 Å². The lowest BCUT2D eigenvalue weighted by molar-refractivity contribution is 0.303. The summed E-state index contributed by atoms with van der Waals surface area (Å²) in [5.74, 6) is 1.49. The summed E-state index contributed by atoms with van der Waals surface area (Å²) in [6.07, 6.45) is 17.0. The van der Waals surface area contributed by atoms with Crippen LogP contribution in [0.1, 0.15) is 39.2 Å². The molecule has 1 N–H and O–H groups in total. The van der Waals surface area contributed by atoms with Crippen molar-refractivity contribution in [1.29, 1.82) is 0 Å². The molecule has 0 saturated carbocycles. The summed E-state index contributed by atoms with van der Waals surface area (Å²) in [5, 5.41) is 7.47. The predicted octanol–water partition coefficient (Wildman–Crippen LogP) is 6.30. The predicted molar refractivity (Wildman–Crippen MR) is 137 cm³/mol. The topological polar surface area (TPSA) is 60.0 Å². The molecule has 2 aromatic carbocycles. The zero-order chi connectivity index (χ0) is 23.2. The van der Waals surface area contributed by atoms with E-state index in [9.17, 15) is 0 Å². The van der Waals surface area contributed by atoms with Gasteiger partial charge in [-0.2, -0.15) is 5.10 Å². The first kappa shape index (κ1) is 21.5. The summed E-state index contributed by atoms with van der Waals surface area (Å²) in [6.45, 7) is 0.457. The van der Waals surface area contributed by atoms with Gasteiger partial charge in [-0.3, -0.25) is 10.1 Å². The van der Waals surface area contributed by atoms with Gasteiger partial charge in [-0.05, 0) is 65.6 Å². The molecule has 0 unspecified atom stereocenters. The SMILES string of the molecule is COc1cc(OCc2cccnc2)ccc1/C=C/c1cc(/C=C/c2ccc3c(c2)CC=C3)n[nH]1. The molecule has 1 aliphatic rings. The van der Waals surface area contributed by atoms with Crippen LogP contribution in [0, 0.1) is 0 Å². The molecule has 2 aromatic heterocycles. The Bertz CT molecular complexity index is 1370. The van der Waals surface area contributed by atoms with Crippen molar-refractivity contribution in [2.45, 2.75) is 13.0 Å². The third-order valence-corrected chi connectivity index (χ3v) is 5.64. The number of hydrogen-bond acceptors (Lipinski definition) is 4. The van der Waals surface area contributed by atoms with Crippen LogP contribution in [0.25, 0.3) is 30.4 Å². The number of rotatable bonds is 8. The highest BCUT2D eigenvalue weighted by Crippen LogP contribution is 2.27. The number of nitrogens with zero attached hydrogens (tertiary/aromatic N) is 2. The first-order chi connectivity index (χ1) is 16.8. The number of ether oxygens (including phenoxy) is 2. The van der Waals surface area contributed by atoms with Gasteiger partial charge in [0.25, 0.3) is 0 Å². The van der Waals surface area contributed by atoms with Gasteiger partial charge < -0.3 is 9.47 Å². The molecule has 168 valence electrons. The van der Waals surface area contributed by atoms with Crippen molar-refractivity contribution in [3.05, 3.63) is 112 Å². The molecule has 5 heteroatoms. The minimum absolute atomic E-state index is 0.457. The Hall–Kier alpha value is -4.38. The zero-order valence-electron chi connectivity index (χ0n) is 18.9. The maximum absolute atomic E-state index is 5.87. The van der Waals surface area contributed by atoms with Crippen molar-refractivity contribution in [3.8, 4) is 11.5 Å². The number of hydrogen-bond donors (Lipinski definition) is 1. The van der Waals surface area contributed by atoms with Crippen LogP contribution in [0.2, 0.25) is 0 Å². The Morgan fingerprint density at radius 2 is 1.97 bits per heavy atom. The van der Waals surface area contributed by atoms with E-state index in [2.05, 4.69) is 51.6 Å². The average Bonchev–Trinajstić information content (AvgIpc) is 3.55. The summed E-state index contributed by atoms with van der Waals surface area (Å²) in [6, 6.07) is 18.2. The van der Waals surface area contributed by atoms with Crippen molar-refractivity contribution in [2.75, 3.05) is 7.11 Å². The molecule has 0 amide bonds. The maximum atomic E-state index is 5.87. The van der Waals surface area contributed by atoms with E-state index in [4.69, 9.17) is 9.47 Å². The van der Waals surface area contributed by atoms with Crippen molar-refractivity contribution in [2.24, 2.45) is 0 Å². The lowest BCUT2D eigenvalue weighted by Gasteiger charge is -2.10. The highest BCUT2D eigenvalue weighted by molar-refractivity contribution is 5.75. The molecule has 5 nitrogen and oxygen atoms in total. The molecule has 0 saturated heterocycles. The van der Waals surface area contributed by atoms with Crippen LogP contribution in [-0.4, -0.2) is 22.3 Å². The van der Waals surface area contributed by atoms with Crippen LogP contribution in [0.4, 0.5) is 0 Å². The fourth-order valence-corrected chi connectivity index (χ4v) is 3.84. The van der Waals surface area contributed by atoms with Gasteiger partial charge in [-0.25, -0.2) is 0 Å². The zero-order valence-corrected chi connectivity index (χ0v) is 18.9. The van der Waals surface area contributed by atoms with Crippen LogP contribution >= 0.6 is 0 Å². The standard InChI is InChI=1S/C29H25N3O2/c1-33-29-18-28(34-20-22-4-3-15-30-19-22)14-11-24(29)10-13-27-17-26(31-32-27)12-8-21-7-9-23-5-2-6-25(23)16-21/h2-5,7-19H,6,20H2,1H3,(H,31,32)/b12-8+,13-10+. The van der Waals surface area contributed by atoms with E-state index in [-0.39, 0.29) is 0 Å². The number of nitrogens with one attached hydrogen (secondary N) is 1. The second kappa shape index (κ2) is 10.0. The average molecular weight is 448 g/mol. The molecule has 2 heterocycles. The van der Waals surface area contributed by atoms with Gasteiger partial charge in [0, 0.05) is 29.6 Å². The molecule has 34 heavy (non-hydrogen) atoms. The Kier molecular flexibility index (Phi) is 6.34. The second-order valence-corrected chi connectivity index (χ2v) is 8.03. The minimum Gasteiger partial charge on any atom is -0.496 e. The molecule has 5 rings (SSSR count). The van der Waals surface area contributed by atoms with Crippen molar-refractivity contribution in [1.82, 2.24) is 15.2 Å².